The lowest BCUT2D eigenvalue weighted by Crippen LogP contribution is -2.05. The second-order valence-electron chi connectivity index (χ2n) is 4.72. The van der Waals surface area contributed by atoms with Crippen molar-refractivity contribution < 1.29 is 4.39 Å². The molecule has 2 aromatic carbocycles. The number of anilines is 1. The summed E-state index contributed by atoms with van der Waals surface area (Å²) in [6.45, 7) is 0.510. The molecule has 21 heavy (non-hydrogen) atoms. The predicted octanol–water partition coefficient (Wildman–Crippen LogP) is 4.08. The van der Waals surface area contributed by atoms with Crippen LogP contribution in [0.5, 0.6) is 0 Å². The van der Waals surface area contributed by atoms with Crippen molar-refractivity contribution >= 4 is 21.7 Å². The number of hydrogen-bond donors (Lipinski definition) is 1. The Labute approximate surface area is 130 Å². The Bertz CT molecular complexity index is 765. The molecule has 3 nitrogen and oxygen atoms in total. The minimum absolute atomic E-state index is 0.249. The average Bonchev–Trinajstić information content (AvgIpc) is 2.83. The van der Waals surface area contributed by atoms with Crippen LogP contribution in [0.25, 0.3) is 11.3 Å². The fourth-order valence-corrected chi connectivity index (χ4v) is 2.61. The zero-order chi connectivity index (χ0) is 14.8. The van der Waals surface area contributed by atoms with E-state index in [0.717, 1.165) is 21.3 Å². The highest BCUT2D eigenvalue weighted by molar-refractivity contribution is 9.10. The minimum atomic E-state index is -0.249. The van der Waals surface area contributed by atoms with E-state index in [2.05, 4.69) is 21.0 Å². The van der Waals surface area contributed by atoms with Gasteiger partial charge in [-0.25, -0.2) is 9.07 Å². The first kappa shape index (κ1) is 13.8. The normalized spacial score (nSPS) is 10.8. The number of nitrogen functional groups attached to an aromatic ring is 1. The van der Waals surface area contributed by atoms with Crippen LogP contribution in [0.4, 0.5) is 10.2 Å². The summed E-state index contributed by atoms with van der Waals surface area (Å²) in [5.41, 5.74) is 8.76. The van der Waals surface area contributed by atoms with E-state index in [9.17, 15) is 4.39 Å². The second kappa shape index (κ2) is 5.69. The molecule has 0 aliphatic heterocycles. The van der Waals surface area contributed by atoms with E-state index in [1.807, 2.05) is 30.3 Å². The predicted molar refractivity (Wildman–Crippen MR) is 85.3 cm³/mol. The fourth-order valence-electron chi connectivity index (χ4n) is 2.12. The van der Waals surface area contributed by atoms with Crippen LogP contribution < -0.4 is 5.73 Å². The van der Waals surface area contributed by atoms with E-state index in [4.69, 9.17) is 5.73 Å². The number of nitrogens with two attached hydrogens (primary N) is 1. The Morgan fingerprint density at radius 1 is 1.10 bits per heavy atom. The van der Waals surface area contributed by atoms with E-state index >= 15 is 0 Å². The summed E-state index contributed by atoms with van der Waals surface area (Å²) in [6, 6.07) is 16.0. The number of hydrogen-bond acceptors (Lipinski definition) is 2. The zero-order valence-electron chi connectivity index (χ0n) is 11.1. The van der Waals surface area contributed by atoms with Crippen LogP contribution in [0.15, 0.2) is 59.1 Å². The maximum atomic E-state index is 12.9. The van der Waals surface area contributed by atoms with Crippen molar-refractivity contribution in [2.45, 2.75) is 6.54 Å². The third-order valence-electron chi connectivity index (χ3n) is 3.21. The molecule has 2 N–H and O–H groups in total. The zero-order valence-corrected chi connectivity index (χ0v) is 12.7. The van der Waals surface area contributed by atoms with Gasteiger partial charge in [-0.1, -0.05) is 46.3 Å². The van der Waals surface area contributed by atoms with Gasteiger partial charge < -0.3 is 5.73 Å². The molecule has 0 spiro atoms. The van der Waals surface area contributed by atoms with E-state index in [0.29, 0.717) is 12.4 Å². The molecule has 0 aliphatic rings. The molecular formula is C16H13BrFN3. The highest BCUT2D eigenvalue weighted by atomic mass is 79.9. The van der Waals surface area contributed by atoms with Crippen LogP contribution in [0, 0.1) is 5.82 Å². The maximum absolute atomic E-state index is 12.9. The van der Waals surface area contributed by atoms with Gasteiger partial charge in [0.05, 0.1) is 12.2 Å². The molecule has 1 aromatic heterocycles. The van der Waals surface area contributed by atoms with Gasteiger partial charge in [-0.2, -0.15) is 5.10 Å². The van der Waals surface area contributed by atoms with Crippen molar-refractivity contribution in [2.24, 2.45) is 0 Å². The molecule has 0 amide bonds. The van der Waals surface area contributed by atoms with Crippen LogP contribution >= 0.6 is 15.9 Å². The molecule has 3 aromatic rings. The van der Waals surface area contributed by atoms with Crippen molar-refractivity contribution in [3.05, 3.63) is 70.5 Å². The second-order valence-corrected chi connectivity index (χ2v) is 5.57. The van der Waals surface area contributed by atoms with Crippen LogP contribution in [0.2, 0.25) is 0 Å². The summed E-state index contributed by atoms with van der Waals surface area (Å²) in [5, 5.41) is 4.53. The topological polar surface area (TPSA) is 43.8 Å². The molecule has 0 saturated carbocycles. The van der Waals surface area contributed by atoms with Crippen molar-refractivity contribution in [1.29, 1.82) is 0 Å². The smallest absolute Gasteiger partial charge is 0.123 e. The summed E-state index contributed by atoms with van der Waals surface area (Å²) in [4.78, 5) is 0. The monoisotopic (exact) mass is 345 g/mol. The van der Waals surface area contributed by atoms with Crippen LogP contribution in [0.1, 0.15) is 5.56 Å². The Morgan fingerprint density at radius 2 is 1.81 bits per heavy atom. The van der Waals surface area contributed by atoms with E-state index in [1.54, 1.807) is 16.8 Å². The minimum Gasteiger partial charge on any atom is -0.384 e. The van der Waals surface area contributed by atoms with Crippen molar-refractivity contribution in [2.75, 3.05) is 5.73 Å². The Hall–Kier alpha value is -2.14. The van der Waals surface area contributed by atoms with E-state index in [1.165, 1.54) is 12.1 Å². The maximum Gasteiger partial charge on any atom is 0.123 e. The average molecular weight is 346 g/mol. The van der Waals surface area contributed by atoms with Gasteiger partial charge >= 0.3 is 0 Å². The van der Waals surface area contributed by atoms with Crippen LogP contribution in [0.3, 0.4) is 0 Å². The largest absolute Gasteiger partial charge is 0.384 e. The third-order valence-corrected chi connectivity index (χ3v) is 3.90. The molecule has 0 bridgehead atoms. The first-order valence-corrected chi connectivity index (χ1v) is 7.25. The molecule has 0 unspecified atom stereocenters. The molecule has 0 radical (unpaired) electrons. The Balaban J connectivity index is 1.91. The molecule has 0 atom stereocenters. The van der Waals surface area contributed by atoms with Crippen molar-refractivity contribution in [3.8, 4) is 11.3 Å². The highest BCUT2D eigenvalue weighted by Gasteiger charge is 2.10. The first-order chi connectivity index (χ1) is 10.1. The summed E-state index contributed by atoms with van der Waals surface area (Å²) in [5.74, 6) is 0.325. The molecule has 106 valence electrons. The lowest BCUT2D eigenvalue weighted by molar-refractivity contribution is 0.625. The van der Waals surface area contributed by atoms with Gasteiger partial charge in [-0.05, 0) is 23.8 Å². The van der Waals surface area contributed by atoms with Gasteiger partial charge in [-0.15, -0.1) is 0 Å². The molecule has 0 aliphatic carbocycles. The summed E-state index contributed by atoms with van der Waals surface area (Å²) >= 11 is 3.51. The van der Waals surface area contributed by atoms with Crippen molar-refractivity contribution in [1.82, 2.24) is 9.78 Å². The summed E-state index contributed by atoms with van der Waals surface area (Å²) in [6.07, 6.45) is 0. The Morgan fingerprint density at radius 3 is 2.52 bits per heavy atom. The van der Waals surface area contributed by atoms with Gasteiger partial charge in [0, 0.05) is 16.1 Å². The van der Waals surface area contributed by atoms with Gasteiger partial charge in [0.15, 0.2) is 0 Å². The van der Waals surface area contributed by atoms with Crippen molar-refractivity contribution in [3.63, 3.8) is 0 Å². The summed E-state index contributed by atoms with van der Waals surface area (Å²) < 4.78 is 15.6. The molecule has 0 saturated heterocycles. The molecule has 3 rings (SSSR count). The fraction of sp³-hybridized carbons (Fsp3) is 0.0625. The first-order valence-electron chi connectivity index (χ1n) is 6.46. The van der Waals surface area contributed by atoms with E-state index in [-0.39, 0.29) is 5.82 Å². The van der Waals surface area contributed by atoms with Crippen LogP contribution in [-0.4, -0.2) is 9.78 Å². The highest BCUT2D eigenvalue weighted by Crippen LogP contribution is 2.28. The number of halogens is 2. The van der Waals surface area contributed by atoms with Gasteiger partial charge in [0.1, 0.15) is 11.6 Å². The lowest BCUT2D eigenvalue weighted by Gasteiger charge is -2.04. The van der Waals surface area contributed by atoms with E-state index < -0.39 is 0 Å². The molecular weight excluding hydrogens is 333 g/mol. The lowest BCUT2D eigenvalue weighted by atomic mass is 10.1. The number of nitrogens with zero attached hydrogens (tertiary/aromatic N) is 2. The quantitative estimate of drug-likeness (QED) is 0.777. The molecule has 5 heteroatoms. The number of rotatable bonds is 3. The standard InChI is InChI=1S/C16H13BrFN3/c17-14-4-2-1-3-13(14)15-9-16(19)21(20-15)10-11-5-7-12(18)8-6-11/h1-9H,10,19H2. The van der Waals surface area contributed by atoms with Gasteiger partial charge in [0.25, 0.3) is 0 Å². The van der Waals surface area contributed by atoms with Crippen LogP contribution in [-0.2, 0) is 6.54 Å². The Kier molecular flexibility index (Phi) is 3.75. The number of benzene rings is 2. The SMILES string of the molecule is Nc1cc(-c2ccccc2Br)nn1Cc1ccc(F)cc1. The molecule has 0 fully saturated rings. The van der Waals surface area contributed by atoms with Gasteiger partial charge in [-0.3, -0.25) is 0 Å². The number of aromatic nitrogens is 2. The summed E-state index contributed by atoms with van der Waals surface area (Å²) in [7, 11) is 0. The molecule has 1 heterocycles. The van der Waals surface area contributed by atoms with Gasteiger partial charge in [0.2, 0.25) is 0 Å². The third kappa shape index (κ3) is 2.97.